The lowest BCUT2D eigenvalue weighted by Gasteiger charge is -2.34. The maximum atomic E-state index is 4.32. The van der Waals surface area contributed by atoms with Crippen molar-refractivity contribution in [2.45, 2.75) is 32.2 Å². The van der Waals surface area contributed by atoms with Crippen molar-refractivity contribution in [1.82, 2.24) is 15.1 Å². The second kappa shape index (κ2) is 10.5. The third-order valence-corrected chi connectivity index (χ3v) is 3.36. The molecule has 0 saturated carbocycles. The first-order valence-corrected chi connectivity index (χ1v) is 6.55. The van der Waals surface area contributed by atoms with Crippen molar-refractivity contribution < 1.29 is 0 Å². The predicted octanol–water partition coefficient (Wildman–Crippen LogP) is 2.42. The highest BCUT2D eigenvalue weighted by molar-refractivity contribution is 14.0. The van der Waals surface area contributed by atoms with Gasteiger partial charge < -0.3 is 15.1 Å². The van der Waals surface area contributed by atoms with Crippen LogP contribution in [0.5, 0.6) is 0 Å². The lowest BCUT2D eigenvalue weighted by atomic mass is 10.0. The first-order valence-electron chi connectivity index (χ1n) is 6.55. The number of guanidine groups is 1. The molecule has 0 aromatic heterocycles. The van der Waals surface area contributed by atoms with Gasteiger partial charge in [0.05, 0.1) is 0 Å². The summed E-state index contributed by atoms with van der Waals surface area (Å²) < 4.78 is 0. The molecule has 0 rings (SSSR count). The normalized spacial score (nSPS) is 12.1. The Hall–Kier alpha value is -0.300. The van der Waals surface area contributed by atoms with E-state index in [1.165, 1.54) is 0 Å². The van der Waals surface area contributed by atoms with Gasteiger partial charge >= 0.3 is 0 Å². The summed E-state index contributed by atoms with van der Waals surface area (Å²) in [6, 6.07) is 0. The highest BCUT2D eigenvalue weighted by Gasteiger charge is 2.21. The lowest BCUT2D eigenvalue weighted by molar-refractivity contribution is 0.196. The van der Waals surface area contributed by atoms with E-state index in [-0.39, 0.29) is 29.5 Å². The van der Waals surface area contributed by atoms with Gasteiger partial charge in [-0.05, 0) is 40.8 Å². The fourth-order valence-electron chi connectivity index (χ4n) is 1.42. The lowest BCUT2D eigenvalue weighted by Crippen LogP contribution is -2.51. The van der Waals surface area contributed by atoms with Gasteiger partial charge in [0, 0.05) is 32.7 Å². The predicted molar refractivity (Wildman–Crippen MR) is 96.6 cm³/mol. The standard InChI is InChI=1S/C14H30N4.HI/c1-8-9-10-11-18(7)13(15-4)16-12-14(2,3)17(5)6;/h8H,1,9-12H2,2-7H3,(H,15,16);1H. The summed E-state index contributed by atoms with van der Waals surface area (Å²) >= 11 is 0. The third-order valence-electron chi connectivity index (χ3n) is 3.36. The van der Waals surface area contributed by atoms with Gasteiger partial charge in [-0.3, -0.25) is 4.99 Å². The van der Waals surface area contributed by atoms with Gasteiger partial charge in [0.2, 0.25) is 0 Å². The SMILES string of the molecule is C=CCCCN(C)C(=NC)NCC(C)(C)N(C)C.I. The van der Waals surface area contributed by atoms with Crippen molar-refractivity contribution in [3.05, 3.63) is 12.7 Å². The molecule has 4 nitrogen and oxygen atoms in total. The number of hydrogen-bond donors (Lipinski definition) is 1. The van der Waals surface area contributed by atoms with Crippen molar-refractivity contribution >= 4 is 29.9 Å². The number of rotatable bonds is 7. The van der Waals surface area contributed by atoms with Crippen molar-refractivity contribution in [2.75, 3.05) is 41.3 Å². The van der Waals surface area contributed by atoms with Crippen molar-refractivity contribution in [2.24, 2.45) is 4.99 Å². The molecule has 1 N–H and O–H groups in total. The average Bonchev–Trinajstić information content (AvgIpc) is 2.29. The summed E-state index contributed by atoms with van der Waals surface area (Å²) in [4.78, 5) is 8.69. The number of allylic oxidation sites excluding steroid dienone is 1. The number of hydrogen-bond acceptors (Lipinski definition) is 2. The van der Waals surface area contributed by atoms with Crippen molar-refractivity contribution in [3.63, 3.8) is 0 Å². The van der Waals surface area contributed by atoms with E-state index < -0.39 is 0 Å². The minimum atomic E-state index is 0. The molecule has 0 radical (unpaired) electrons. The van der Waals surface area contributed by atoms with Gasteiger partial charge in [0.1, 0.15) is 0 Å². The minimum Gasteiger partial charge on any atom is -0.354 e. The van der Waals surface area contributed by atoms with Crippen LogP contribution < -0.4 is 5.32 Å². The van der Waals surface area contributed by atoms with E-state index in [9.17, 15) is 0 Å². The van der Waals surface area contributed by atoms with Gasteiger partial charge in [0.15, 0.2) is 5.96 Å². The third kappa shape index (κ3) is 8.47. The first kappa shape index (κ1) is 21.0. The van der Waals surface area contributed by atoms with Gasteiger partial charge in [-0.15, -0.1) is 30.6 Å². The van der Waals surface area contributed by atoms with Crippen LogP contribution >= 0.6 is 24.0 Å². The molecule has 0 atom stereocenters. The first-order chi connectivity index (χ1) is 8.35. The van der Waals surface area contributed by atoms with Crippen LogP contribution in [0.2, 0.25) is 0 Å². The summed E-state index contributed by atoms with van der Waals surface area (Å²) in [5.74, 6) is 0.953. The van der Waals surface area contributed by atoms with Gasteiger partial charge in [-0.25, -0.2) is 0 Å². The maximum absolute atomic E-state index is 4.32. The summed E-state index contributed by atoms with van der Waals surface area (Å²) in [7, 11) is 8.09. The van der Waals surface area contributed by atoms with Crippen LogP contribution in [0.4, 0.5) is 0 Å². The van der Waals surface area contributed by atoms with E-state index in [1.54, 1.807) is 0 Å². The Labute approximate surface area is 136 Å². The Bertz CT molecular complexity index is 275. The molecule has 0 aliphatic carbocycles. The number of halogens is 1. The van der Waals surface area contributed by atoms with Gasteiger partial charge in [0.25, 0.3) is 0 Å². The molecular formula is C14H31IN4. The van der Waals surface area contributed by atoms with E-state index >= 15 is 0 Å². The zero-order chi connectivity index (χ0) is 14.2. The second-order valence-electron chi connectivity index (χ2n) is 5.46. The van der Waals surface area contributed by atoms with Crippen LogP contribution in [0.1, 0.15) is 26.7 Å². The molecule has 0 saturated heterocycles. The van der Waals surface area contributed by atoms with Crippen molar-refractivity contribution in [1.29, 1.82) is 0 Å². The second-order valence-corrected chi connectivity index (χ2v) is 5.46. The molecule has 0 aliphatic rings. The Balaban J connectivity index is 0. The molecule has 0 bridgehead atoms. The molecule has 0 fully saturated rings. The van der Waals surface area contributed by atoms with E-state index in [0.717, 1.165) is 31.9 Å². The molecule has 0 unspecified atom stereocenters. The summed E-state index contributed by atoms with van der Waals surface area (Å²) in [6.07, 6.45) is 4.11. The highest BCUT2D eigenvalue weighted by atomic mass is 127. The summed E-state index contributed by atoms with van der Waals surface area (Å²) in [5, 5.41) is 3.43. The number of likely N-dealkylation sites (N-methyl/N-ethyl adjacent to an activating group) is 1. The smallest absolute Gasteiger partial charge is 0.193 e. The molecular weight excluding hydrogens is 351 g/mol. The summed E-state index contributed by atoms with van der Waals surface area (Å²) in [6.45, 7) is 10.0. The van der Waals surface area contributed by atoms with Crippen molar-refractivity contribution in [3.8, 4) is 0 Å². The monoisotopic (exact) mass is 382 g/mol. The minimum absolute atomic E-state index is 0. The van der Waals surface area contributed by atoms with Crippen LogP contribution in [0.3, 0.4) is 0 Å². The molecule has 0 aromatic carbocycles. The quantitative estimate of drug-likeness (QED) is 0.241. The molecule has 5 heteroatoms. The number of unbranched alkanes of at least 4 members (excludes halogenated alkanes) is 1. The van der Waals surface area contributed by atoms with E-state index in [4.69, 9.17) is 0 Å². The van der Waals surface area contributed by atoms with Crippen LogP contribution in [0.25, 0.3) is 0 Å². The van der Waals surface area contributed by atoms with Crippen LogP contribution in [0, 0.1) is 0 Å². The van der Waals surface area contributed by atoms with Crippen LogP contribution in [0.15, 0.2) is 17.6 Å². The fraction of sp³-hybridized carbons (Fsp3) is 0.786. The molecule has 0 heterocycles. The Morgan fingerprint density at radius 1 is 1.32 bits per heavy atom. The molecule has 0 amide bonds. The topological polar surface area (TPSA) is 30.9 Å². The van der Waals surface area contributed by atoms with E-state index in [1.807, 2.05) is 13.1 Å². The zero-order valence-electron chi connectivity index (χ0n) is 13.4. The molecule has 0 aromatic rings. The highest BCUT2D eigenvalue weighted by Crippen LogP contribution is 2.08. The molecule has 0 spiro atoms. The molecule has 19 heavy (non-hydrogen) atoms. The average molecular weight is 382 g/mol. The zero-order valence-corrected chi connectivity index (χ0v) is 15.7. The number of nitrogens with zero attached hydrogens (tertiary/aromatic N) is 3. The summed E-state index contributed by atoms with van der Waals surface area (Å²) in [5.41, 5.74) is 0.109. The fourth-order valence-corrected chi connectivity index (χ4v) is 1.42. The Morgan fingerprint density at radius 3 is 2.32 bits per heavy atom. The van der Waals surface area contributed by atoms with Crippen LogP contribution in [-0.4, -0.2) is 62.6 Å². The molecule has 114 valence electrons. The Morgan fingerprint density at radius 2 is 1.89 bits per heavy atom. The number of aliphatic imine (C=N–C) groups is 1. The number of nitrogens with one attached hydrogen (secondary N) is 1. The van der Waals surface area contributed by atoms with E-state index in [0.29, 0.717) is 0 Å². The maximum Gasteiger partial charge on any atom is 0.193 e. The largest absolute Gasteiger partial charge is 0.354 e. The van der Waals surface area contributed by atoms with Crippen LogP contribution in [-0.2, 0) is 0 Å². The van der Waals surface area contributed by atoms with Gasteiger partial charge in [-0.2, -0.15) is 0 Å². The van der Waals surface area contributed by atoms with E-state index in [2.05, 4.69) is 61.7 Å². The van der Waals surface area contributed by atoms with Gasteiger partial charge in [-0.1, -0.05) is 6.08 Å². The Kier molecular flexibility index (Phi) is 11.6. The molecule has 0 aliphatic heterocycles.